The first kappa shape index (κ1) is 24.4. The van der Waals surface area contributed by atoms with Crippen LogP contribution in [0.4, 0.5) is 0 Å². The lowest BCUT2D eigenvalue weighted by molar-refractivity contribution is -0.148. The molecule has 2 heterocycles. The second kappa shape index (κ2) is 10.2. The van der Waals surface area contributed by atoms with Crippen molar-refractivity contribution < 1.29 is 29.0 Å². The number of methoxy groups -OCH3 is 1. The van der Waals surface area contributed by atoms with E-state index in [9.17, 15) is 19.5 Å². The van der Waals surface area contributed by atoms with Gasteiger partial charge in [0.2, 0.25) is 5.91 Å². The molecule has 0 saturated carbocycles. The summed E-state index contributed by atoms with van der Waals surface area (Å²) in [5.74, 6) is -1.28. The third-order valence-corrected chi connectivity index (χ3v) is 5.80. The van der Waals surface area contributed by atoms with Gasteiger partial charge in [0.25, 0.3) is 5.91 Å². The molecule has 2 aromatic rings. The van der Waals surface area contributed by atoms with Crippen molar-refractivity contribution in [2.45, 2.75) is 57.7 Å². The fraction of sp³-hybridized carbons (Fsp3) is 0.500. The number of carbonyl (C=O) groups is 3. The smallest absolute Gasteiger partial charge is 0.326 e. The summed E-state index contributed by atoms with van der Waals surface area (Å²) in [6.45, 7) is 6.41. The SMILES string of the molecule is COCCC(C)(C)Oc1ccc2nccc(C(=O)NC(C)C(=O)N3CCCC3C(=O)O)c2c1. The molecular weight excluding hydrogens is 426 g/mol. The van der Waals surface area contributed by atoms with Crippen molar-refractivity contribution in [1.82, 2.24) is 15.2 Å². The van der Waals surface area contributed by atoms with Crippen molar-refractivity contribution in [2.75, 3.05) is 20.3 Å². The molecule has 2 N–H and O–H groups in total. The zero-order valence-electron chi connectivity index (χ0n) is 19.5. The summed E-state index contributed by atoms with van der Waals surface area (Å²) in [5, 5.41) is 12.6. The van der Waals surface area contributed by atoms with Crippen LogP contribution in [-0.2, 0) is 14.3 Å². The van der Waals surface area contributed by atoms with Crippen LogP contribution in [0.2, 0.25) is 0 Å². The lowest BCUT2D eigenvalue weighted by Gasteiger charge is -2.26. The molecule has 0 bridgehead atoms. The number of benzene rings is 1. The van der Waals surface area contributed by atoms with Crippen LogP contribution in [0, 0.1) is 0 Å². The minimum atomic E-state index is -1.03. The Hall–Kier alpha value is -3.20. The molecule has 0 aliphatic carbocycles. The van der Waals surface area contributed by atoms with Crippen molar-refractivity contribution in [1.29, 1.82) is 0 Å². The fourth-order valence-electron chi connectivity index (χ4n) is 3.98. The number of carbonyl (C=O) groups excluding carboxylic acids is 2. The monoisotopic (exact) mass is 457 g/mol. The number of pyridine rings is 1. The highest BCUT2D eigenvalue weighted by Gasteiger charge is 2.36. The van der Waals surface area contributed by atoms with Gasteiger partial charge in [-0.3, -0.25) is 14.6 Å². The molecule has 1 aromatic carbocycles. The van der Waals surface area contributed by atoms with E-state index >= 15 is 0 Å². The Bertz CT molecular complexity index is 1040. The standard InChI is InChI=1S/C24H31N3O6/c1-15(22(29)27-12-5-6-20(27)23(30)31)26-21(28)17-9-11-25-19-8-7-16(14-18(17)19)33-24(2,3)10-13-32-4/h7-9,11,14-15,20H,5-6,10,12-13H2,1-4H3,(H,26,28)(H,30,31). The number of nitrogens with one attached hydrogen (secondary N) is 1. The Morgan fingerprint density at radius 3 is 2.76 bits per heavy atom. The van der Waals surface area contributed by atoms with Crippen LogP contribution in [0.15, 0.2) is 30.5 Å². The average molecular weight is 458 g/mol. The third kappa shape index (κ3) is 5.78. The highest BCUT2D eigenvalue weighted by atomic mass is 16.5. The van der Waals surface area contributed by atoms with E-state index < -0.39 is 35.5 Å². The van der Waals surface area contributed by atoms with Gasteiger partial charge in [-0.2, -0.15) is 0 Å². The third-order valence-electron chi connectivity index (χ3n) is 5.80. The number of carboxylic acids is 1. The second-order valence-corrected chi connectivity index (χ2v) is 8.87. The molecule has 1 aromatic heterocycles. The number of rotatable bonds is 9. The Labute approximate surface area is 193 Å². The number of aliphatic carboxylic acids is 1. The highest BCUT2D eigenvalue weighted by Crippen LogP contribution is 2.27. The summed E-state index contributed by atoms with van der Waals surface area (Å²) in [6.07, 6.45) is 3.27. The molecule has 0 radical (unpaired) electrons. The summed E-state index contributed by atoms with van der Waals surface area (Å²) >= 11 is 0. The predicted molar refractivity (Wildman–Crippen MR) is 122 cm³/mol. The van der Waals surface area contributed by atoms with Crippen molar-refractivity contribution in [3.05, 3.63) is 36.0 Å². The van der Waals surface area contributed by atoms with Gasteiger partial charge in [-0.25, -0.2) is 4.79 Å². The zero-order valence-corrected chi connectivity index (χ0v) is 19.5. The molecule has 9 nitrogen and oxygen atoms in total. The van der Waals surface area contributed by atoms with Gasteiger partial charge in [-0.1, -0.05) is 0 Å². The van der Waals surface area contributed by atoms with Crippen LogP contribution in [0.5, 0.6) is 5.75 Å². The molecule has 33 heavy (non-hydrogen) atoms. The van der Waals surface area contributed by atoms with Crippen LogP contribution in [0.1, 0.15) is 50.4 Å². The Kier molecular flexibility index (Phi) is 7.53. The predicted octanol–water partition coefficient (Wildman–Crippen LogP) is 2.62. The van der Waals surface area contributed by atoms with E-state index in [0.29, 0.717) is 54.6 Å². The van der Waals surface area contributed by atoms with Crippen molar-refractivity contribution in [3.8, 4) is 5.75 Å². The molecule has 2 amide bonds. The fourth-order valence-corrected chi connectivity index (χ4v) is 3.98. The van der Waals surface area contributed by atoms with Crippen LogP contribution in [0.3, 0.4) is 0 Å². The number of amides is 2. The Balaban J connectivity index is 1.79. The van der Waals surface area contributed by atoms with E-state index in [-0.39, 0.29) is 0 Å². The lowest BCUT2D eigenvalue weighted by Crippen LogP contribution is -2.50. The first-order valence-corrected chi connectivity index (χ1v) is 11.0. The number of hydrogen-bond acceptors (Lipinski definition) is 6. The van der Waals surface area contributed by atoms with Gasteiger partial charge in [0, 0.05) is 38.3 Å². The first-order valence-electron chi connectivity index (χ1n) is 11.0. The van der Waals surface area contributed by atoms with Crippen molar-refractivity contribution in [2.24, 2.45) is 0 Å². The molecule has 0 spiro atoms. The molecule has 9 heteroatoms. The number of aromatic nitrogens is 1. The van der Waals surface area contributed by atoms with Crippen LogP contribution < -0.4 is 10.1 Å². The van der Waals surface area contributed by atoms with Gasteiger partial charge < -0.3 is 24.8 Å². The number of fused-ring (bicyclic) bond motifs is 1. The summed E-state index contributed by atoms with van der Waals surface area (Å²) in [6, 6.07) is 5.22. The molecule has 1 fully saturated rings. The molecular formula is C24H31N3O6. The largest absolute Gasteiger partial charge is 0.488 e. The number of ether oxygens (including phenoxy) is 2. The molecule has 2 unspecified atom stereocenters. The van der Waals surface area contributed by atoms with E-state index in [2.05, 4.69) is 10.3 Å². The number of likely N-dealkylation sites (tertiary alicyclic amines) is 1. The van der Waals surface area contributed by atoms with E-state index in [0.717, 1.165) is 0 Å². The van der Waals surface area contributed by atoms with Gasteiger partial charge >= 0.3 is 5.97 Å². The maximum absolute atomic E-state index is 13.1. The maximum atomic E-state index is 13.1. The average Bonchev–Trinajstić information content (AvgIpc) is 3.26. The van der Waals surface area contributed by atoms with E-state index in [1.807, 2.05) is 13.8 Å². The van der Waals surface area contributed by atoms with Crippen LogP contribution in [0.25, 0.3) is 10.9 Å². The normalized spacial score (nSPS) is 17.1. The molecule has 1 saturated heterocycles. The molecule has 178 valence electrons. The van der Waals surface area contributed by atoms with E-state index in [4.69, 9.17) is 9.47 Å². The Morgan fingerprint density at radius 1 is 1.30 bits per heavy atom. The number of nitrogens with zero attached hydrogens (tertiary/aromatic N) is 2. The van der Waals surface area contributed by atoms with Crippen molar-refractivity contribution >= 4 is 28.7 Å². The molecule has 1 aliphatic heterocycles. The number of hydrogen-bond donors (Lipinski definition) is 2. The van der Waals surface area contributed by atoms with Gasteiger partial charge in [0.1, 0.15) is 23.4 Å². The zero-order chi connectivity index (χ0) is 24.2. The summed E-state index contributed by atoms with van der Waals surface area (Å²) in [5.41, 5.74) is 0.510. The van der Waals surface area contributed by atoms with Crippen LogP contribution in [-0.4, -0.2) is 70.7 Å². The molecule has 1 aliphatic rings. The van der Waals surface area contributed by atoms with Crippen molar-refractivity contribution in [3.63, 3.8) is 0 Å². The highest BCUT2D eigenvalue weighted by molar-refractivity contribution is 6.07. The maximum Gasteiger partial charge on any atom is 0.326 e. The van der Waals surface area contributed by atoms with Gasteiger partial charge in [0.05, 0.1) is 11.1 Å². The van der Waals surface area contributed by atoms with Gasteiger partial charge in [-0.15, -0.1) is 0 Å². The summed E-state index contributed by atoms with van der Waals surface area (Å²) in [7, 11) is 1.64. The number of carboxylic acid groups (broad SMARTS) is 1. The van der Waals surface area contributed by atoms with Gasteiger partial charge in [-0.05, 0) is 57.9 Å². The first-order chi connectivity index (χ1) is 15.6. The lowest BCUT2D eigenvalue weighted by atomic mass is 10.0. The topological polar surface area (TPSA) is 118 Å². The van der Waals surface area contributed by atoms with E-state index in [1.54, 1.807) is 38.3 Å². The Morgan fingerprint density at radius 2 is 2.06 bits per heavy atom. The minimum Gasteiger partial charge on any atom is -0.488 e. The van der Waals surface area contributed by atoms with E-state index in [1.165, 1.54) is 11.1 Å². The minimum absolute atomic E-state index is 0.357. The second-order valence-electron chi connectivity index (χ2n) is 8.87. The summed E-state index contributed by atoms with van der Waals surface area (Å²) in [4.78, 5) is 42.9. The summed E-state index contributed by atoms with van der Waals surface area (Å²) < 4.78 is 11.3. The quantitative estimate of drug-likeness (QED) is 0.594. The molecule has 2 atom stereocenters. The van der Waals surface area contributed by atoms with Gasteiger partial charge in [0.15, 0.2) is 0 Å². The molecule has 3 rings (SSSR count). The van der Waals surface area contributed by atoms with Crippen LogP contribution >= 0.6 is 0 Å².